The first kappa shape index (κ1) is 16.9. The van der Waals surface area contributed by atoms with Gasteiger partial charge in [0.05, 0.1) is 23.9 Å². The highest BCUT2D eigenvalue weighted by atomic mass is 32.1. The molecule has 0 unspecified atom stereocenters. The van der Waals surface area contributed by atoms with Crippen LogP contribution in [0.15, 0.2) is 5.38 Å². The lowest BCUT2D eigenvalue weighted by Gasteiger charge is -2.41. The first-order valence-corrected chi connectivity index (χ1v) is 8.65. The predicted octanol–water partition coefficient (Wildman–Crippen LogP) is 2.64. The van der Waals surface area contributed by atoms with Gasteiger partial charge < -0.3 is 10.1 Å². The van der Waals surface area contributed by atoms with Crippen LogP contribution in [-0.4, -0.2) is 48.3 Å². The fourth-order valence-electron chi connectivity index (χ4n) is 2.51. The van der Waals surface area contributed by atoms with E-state index in [1.165, 1.54) is 5.01 Å². The van der Waals surface area contributed by atoms with Crippen LogP contribution in [0, 0.1) is 0 Å². The zero-order valence-corrected chi connectivity index (χ0v) is 14.8. The van der Waals surface area contributed by atoms with Gasteiger partial charge in [-0.1, -0.05) is 20.8 Å². The highest BCUT2D eigenvalue weighted by Gasteiger charge is 2.27. The molecule has 1 aliphatic rings. The molecule has 0 radical (unpaired) electrons. The Morgan fingerprint density at radius 3 is 2.48 bits per heavy atom. The standard InChI is InChI=1S/C16H29N3OS/c1-15(2,3)14-18-13(11-21-14)10-17-12-16(4,5)19-6-8-20-9-7-19/h11,17H,6-10,12H2,1-5H3. The quantitative estimate of drug-likeness (QED) is 0.907. The number of rotatable bonds is 5. The highest BCUT2D eigenvalue weighted by Crippen LogP contribution is 2.25. The Hall–Kier alpha value is -0.490. The van der Waals surface area contributed by atoms with Gasteiger partial charge >= 0.3 is 0 Å². The van der Waals surface area contributed by atoms with Crippen molar-refractivity contribution in [2.75, 3.05) is 32.8 Å². The Kier molecular flexibility index (Phi) is 5.41. The van der Waals surface area contributed by atoms with Crippen LogP contribution in [-0.2, 0) is 16.7 Å². The van der Waals surface area contributed by atoms with Crippen molar-refractivity contribution in [2.45, 2.75) is 52.1 Å². The number of nitrogens with one attached hydrogen (secondary N) is 1. The summed E-state index contributed by atoms with van der Waals surface area (Å²) >= 11 is 1.76. The van der Waals surface area contributed by atoms with E-state index in [1.807, 2.05) is 0 Å². The van der Waals surface area contributed by atoms with Crippen molar-refractivity contribution in [3.8, 4) is 0 Å². The van der Waals surface area contributed by atoms with Crippen LogP contribution in [0.3, 0.4) is 0 Å². The van der Waals surface area contributed by atoms with E-state index >= 15 is 0 Å². The monoisotopic (exact) mass is 311 g/mol. The van der Waals surface area contributed by atoms with Crippen molar-refractivity contribution in [2.24, 2.45) is 0 Å². The summed E-state index contributed by atoms with van der Waals surface area (Å²) in [7, 11) is 0. The summed E-state index contributed by atoms with van der Waals surface area (Å²) in [5, 5.41) is 6.96. The van der Waals surface area contributed by atoms with Crippen molar-refractivity contribution in [3.05, 3.63) is 16.1 Å². The molecule has 0 aromatic carbocycles. The van der Waals surface area contributed by atoms with Crippen LogP contribution in [0.4, 0.5) is 0 Å². The molecule has 4 nitrogen and oxygen atoms in total. The van der Waals surface area contributed by atoms with Crippen molar-refractivity contribution < 1.29 is 4.74 Å². The zero-order valence-electron chi connectivity index (χ0n) is 14.0. The van der Waals surface area contributed by atoms with Gasteiger partial charge in [0.2, 0.25) is 0 Å². The molecule has 1 aliphatic heterocycles. The molecule has 0 amide bonds. The average Bonchev–Trinajstić information content (AvgIpc) is 2.88. The largest absolute Gasteiger partial charge is 0.379 e. The second-order valence-corrected chi connectivity index (χ2v) is 8.27. The van der Waals surface area contributed by atoms with Crippen LogP contribution in [0.5, 0.6) is 0 Å². The van der Waals surface area contributed by atoms with E-state index in [4.69, 9.17) is 9.72 Å². The third-order valence-electron chi connectivity index (χ3n) is 3.92. The molecule has 0 atom stereocenters. The molecule has 0 bridgehead atoms. The summed E-state index contributed by atoms with van der Waals surface area (Å²) in [5.41, 5.74) is 1.46. The Morgan fingerprint density at radius 1 is 1.24 bits per heavy atom. The minimum Gasteiger partial charge on any atom is -0.379 e. The van der Waals surface area contributed by atoms with Gasteiger partial charge in [-0.3, -0.25) is 4.90 Å². The lowest BCUT2D eigenvalue weighted by molar-refractivity contribution is -0.00968. The summed E-state index contributed by atoms with van der Waals surface area (Å²) in [6.45, 7) is 16.8. The smallest absolute Gasteiger partial charge is 0.0982 e. The summed E-state index contributed by atoms with van der Waals surface area (Å²) < 4.78 is 5.43. The maximum absolute atomic E-state index is 5.43. The van der Waals surface area contributed by atoms with Gasteiger partial charge in [-0.15, -0.1) is 11.3 Å². The molecule has 2 rings (SSSR count). The van der Waals surface area contributed by atoms with Gasteiger partial charge in [0.1, 0.15) is 0 Å². The first-order valence-electron chi connectivity index (χ1n) is 7.77. The molecule has 0 aliphatic carbocycles. The second kappa shape index (κ2) is 6.73. The lowest BCUT2D eigenvalue weighted by atomic mass is 9.98. The molecule has 1 aromatic rings. The van der Waals surface area contributed by atoms with E-state index in [2.05, 4.69) is 50.2 Å². The van der Waals surface area contributed by atoms with Gasteiger partial charge in [-0.2, -0.15) is 0 Å². The van der Waals surface area contributed by atoms with Gasteiger partial charge in [-0.05, 0) is 13.8 Å². The number of morpholine rings is 1. The molecule has 1 aromatic heterocycles. The lowest BCUT2D eigenvalue weighted by Crippen LogP contribution is -2.54. The normalized spacial score (nSPS) is 18.1. The number of hydrogen-bond donors (Lipinski definition) is 1. The zero-order chi connectivity index (χ0) is 15.5. The Labute approximate surface area is 132 Å². The third-order valence-corrected chi connectivity index (χ3v) is 5.24. The van der Waals surface area contributed by atoms with E-state index in [0.717, 1.165) is 45.1 Å². The first-order chi connectivity index (χ1) is 9.79. The van der Waals surface area contributed by atoms with E-state index in [-0.39, 0.29) is 11.0 Å². The molecule has 1 N–H and O–H groups in total. The molecule has 2 heterocycles. The molecule has 5 heteroatoms. The minimum atomic E-state index is 0.149. The molecular formula is C16H29N3OS. The Bertz CT molecular complexity index is 445. The molecule has 120 valence electrons. The minimum absolute atomic E-state index is 0.149. The number of hydrogen-bond acceptors (Lipinski definition) is 5. The maximum Gasteiger partial charge on any atom is 0.0982 e. The van der Waals surface area contributed by atoms with Crippen molar-refractivity contribution in [1.82, 2.24) is 15.2 Å². The molecule has 1 saturated heterocycles. The van der Waals surface area contributed by atoms with Gasteiger partial charge in [-0.25, -0.2) is 4.98 Å². The number of ether oxygens (including phenoxy) is 1. The average molecular weight is 311 g/mol. The van der Waals surface area contributed by atoms with E-state index in [1.54, 1.807) is 11.3 Å². The van der Waals surface area contributed by atoms with Crippen molar-refractivity contribution >= 4 is 11.3 Å². The third kappa shape index (κ3) is 4.74. The summed E-state index contributed by atoms with van der Waals surface area (Å²) in [6.07, 6.45) is 0. The fourth-order valence-corrected chi connectivity index (χ4v) is 3.42. The second-order valence-electron chi connectivity index (χ2n) is 7.41. The topological polar surface area (TPSA) is 37.4 Å². The van der Waals surface area contributed by atoms with Crippen LogP contribution in [0.1, 0.15) is 45.3 Å². The van der Waals surface area contributed by atoms with Gasteiger partial charge in [0.25, 0.3) is 0 Å². The summed E-state index contributed by atoms with van der Waals surface area (Å²) in [4.78, 5) is 7.24. The number of nitrogens with zero attached hydrogens (tertiary/aromatic N) is 2. The number of aromatic nitrogens is 1. The SMILES string of the molecule is CC(C)(C)c1nc(CNCC(C)(C)N2CCOCC2)cs1. The molecule has 0 saturated carbocycles. The summed E-state index contributed by atoms with van der Waals surface area (Å²) in [5.74, 6) is 0. The van der Waals surface area contributed by atoms with E-state index in [9.17, 15) is 0 Å². The summed E-state index contributed by atoms with van der Waals surface area (Å²) in [6, 6.07) is 0. The van der Waals surface area contributed by atoms with Gasteiger partial charge in [0, 0.05) is 42.5 Å². The predicted molar refractivity (Wildman–Crippen MR) is 89.0 cm³/mol. The van der Waals surface area contributed by atoms with E-state index < -0.39 is 0 Å². The van der Waals surface area contributed by atoms with Gasteiger partial charge in [0.15, 0.2) is 0 Å². The van der Waals surface area contributed by atoms with Crippen LogP contribution in [0.25, 0.3) is 0 Å². The Balaban J connectivity index is 1.81. The maximum atomic E-state index is 5.43. The molecule has 0 spiro atoms. The molecule has 21 heavy (non-hydrogen) atoms. The van der Waals surface area contributed by atoms with E-state index in [0.29, 0.717) is 0 Å². The molecular weight excluding hydrogens is 282 g/mol. The highest BCUT2D eigenvalue weighted by molar-refractivity contribution is 7.09. The molecule has 1 fully saturated rings. The van der Waals surface area contributed by atoms with Crippen LogP contribution >= 0.6 is 11.3 Å². The van der Waals surface area contributed by atoms with Crippen LogP contribution in [0.2, 0.25) is 0 Å². The van der Waals surface area contributed by atoms with Crippen molar-refractivity contribution in [3.63, 3.8) is 0 Å². The van der Waals surface area contributed by atoms with Crippen molar-refractivity contribution in [1.29, 1.82) is 0 Å². The fraction of sp³-hybridized carbons (Fsp3) is 0.812. The Morgan fingerprint density at radius 2 is 1.90 bits per heavy atom. The van der Waals surface area contributed by atoms with Crippen LogP contribution < -0.4 is 5.32 Å². The number of thiazole rings is 1.